The molecule has 0 radical (unpaired) electrons. The summed E-state index contributed by atoms with van der Waals surface area (Å²) in [6.45, 7) is 6.50. The monoisotopic (exact) mass is 492 g/mol. The predicted octanol–water partition coefficient (Wildman–Crippen LogP) is 4.65. The van der Waals surface area contributed by atoms with Crippen LogP contribution in [0.15, 0.2) is 60.8 Å². The number of ether oxygens (including phenoxy) is 1. The summed E-state index contributed by atoms with van der Waals surface area (Å²) < 4.78 is 5.47. The highest BCUT2D eigenvalue weighted by atomic mass is 16.5. The number of hydrogen-bond donors (Lipinski definition) is 4. The van der Waals surface area contributed by atoms with E-state index in [2.05, 4.69) is 33.5 Å². The van der Waals surface area contributed by atoms with Crippen molar-refractivity contribution in [3.63, 3.8) is 0 Å². The Morgan fingerprint density at radius 1 is 1.08 bits per heavy atom. The molecule has 3 rings (SSSR count). The minimum absolute atomic E-state index is 0.131. The fourth-order valence-electron chi connectivity index (χ4n) is 4.06. The lowest BCUT2D eigenvalue weighted by molar-refractivity contribution is -0.124. The number of rotatable bonds is 13. The minimum Gasteiger partial charge on any atom is -0.448 e. The lowest BCUT2D eigenvalue weighted by atomic mass is 10.1. The number of alkyl carbamates (subject to hydrolysis) is 1. The van der Waals surface area contributed by atoms with Crippen LogP contribution in [-0.4, -0.2) is 52.8 Å². The molecule has 0 fully saturated rings. The maximum Gasteiger partial charge on any atom is 0.407 e. The van der Waals surface area contributed by atoms with Gasteiger partial charge in [0.05, 0.1) is 0 Å². The largest absolute Gasteiger partial charge is 0.448 e. The van der Waals surface area contributed by atoms with Crippen molar-refractivity contribution >= 4 is 29.0 Å². The third-order valence-electron chi connectivity index (χ3n) is 6.24. The van der Waals surface area contributed by atoms with Crippen LogP contribution in [-0.2, 0) is 22.5 Å². The molecule has 4 N–H and O–H groups in total. The Balaban J connectivity index is 1.62. The van der Waals surface area contributed by atoms with E-state index in [1.54, 1.807) is 11.6 Å². The number of aromatic nitrogens is 1. The molecule has 8 heteroatoms. The molecule has 36 heavy (non-hydrogen) atoms. The molecule has 0 spiro atoms. The fourth-order valence-corrected chi connectivity index (χ4v) is 4.06. The van der Waals surface area contributed by atoms with E-state index in [9.17, 15) is 9.59 Å². The number of nitrogens with one attached hydrogen (secondary N) is 3. The van der Waals surface area contributed by atoms with Crippen molar-refractivity contribution in [3.8, 4) is 0 Å². The van der Waals surface area contributed by atoms with Gasteiger partial charge in [0.25, 0.3) is 5.91 Å². The molecule has 0 saturated carbocycles. The number of amides is 2. The SMILES string of the molecule is CCC(CC)NC(=O)OCCN(CCc1c[nH]c2ccccc12)Cc1ccc(C=CC(=O)NO)cc1. The zero-order chi connectivity index (χ0) is 25.8. The molecule has 0 bridgehead atoms. The molecule has 8 nitrogen and oxygen atoms in total. The first-order valence-corrected chi connectivity index (χ1v) is 12.4. The molecule has 0 saturated heterocycles. The number of carbonyl (C=O) groups is 2. The van der Waals surface area contributed by atoms with Crippen molar-refractivity contribution < 1.29 is 19.5 Å². The van der Waals surface area contributed by atoms with Crippen molar-refractivity contribution in [2.75, 3.05) is 19.7 Å². The highest BCUT2D eigenvalue weighted by Crippen LogP contribution is 2.19. The molecule has 0 unspecified atom stereocenters. The standard InChI is InChI=1S/C28H36N4O4/c1-3-24(4-2)30-28(34)36-18-17-32(16-15-23-19-29-26-8-6-5-7-25(23)26)20-22-11-9-21(10-12-22)13-14-27(33)31-35/h5-14,19,24,29,35H,3-4,15-18,20H2,1-2H3,(H,30,34)(H,31,33). The van der Waals surface area contributed by atoms with E-state index in [1.165, 1.54) is 17.0 Å². The number of aromatic amines is 1. The topological polar surface area (TPSA) is 107 Å². The van der Waals surface area contributed by atoms with Crippen molar-refractivity contribution in [3.05, 3.63) is 77.5 Å². The average Bonchev–Trinajstić information content (AvgIpc) is 3.32. The zero-order valence-electron chi connectivity index (χ0n) is 21.0. The molecule has 0 aliphatic heterocycles. The van der Waals surface area contributed by atoms with Crippen LogP contribution < -0.4 is 10.8 Å². The van der Waals surface area contributed by atoms with Crippen LogP contribution in [0.25, 0.3) is 17.0 Å². The Morgan fingerprint density at radius 2 is 1.83 bits per heavy atom. The van der Waals surface area contributed by atoms with Crippen LogP contribution in [0, 0.1) is 0 Å². The Labute approximate surface area is 212 Å². The number of carbonyl (C=O) groups excluding carboxylic acids is 2. The first-order chi connectivity index (χ1) is 17.5. The van der Waals surface area contributed by atoms with Gasteiger partial charge in [-0.3, -0.25) is 14.9 Å². The second-order valence-electron chi connectivity index (χ2n) is 8.73. The van der Waals surface area contributed by atoms with Crippen LogP contribution in [0.1, 0.15) is 43.4 Å². The molecular formula is C28H36N4O4. The molecule has 1 aromatic heterocycles. The number of H-pyrrole nitrogens is 1. The lowest BCUT2D eigenvalue weighted by Crippen LogP contribution is -2.36. The quantitative estimate of drug-likeness (QED) is 0.158. The van der Waals surface area contributed by atoms with Crippen molar-refractivity contribution in [2.24, 2.45) is 0 Å². The van der Waals surface area contributed by atoms with E-state index in [-0.39, 0.29) is 12.1 Å². The van der Waals surface area contributed by atoms with Gasteiger partial charge in [0.1, 0.15) is 6.61 Å². The molecule has 192 valence electrons. The second-order valence-corrected chi connectivity index (χ2v) is 8.73. The summed E-state index contributed by atoms with van der Waals surface area (Å²) in [5.74, 6) is -0.573. The first-order valence-electron chi connectivity index (χ1n) is 12.4. The van der Waals surface area contributed by atoms with Crippen LogP contribution in [0.2, 0.25) is 0 Å². The number of hydroxylamine groups is 1. The zero-order valence-corrected chi connectivity index (χ0v) is 21.0. The first kappa shape index (κ1) is 27.0. The normalized spacial score (nSPS) is 11.5. The van der Waals surface area contributed by atoms with Gasteiger partial charge in [-0.05, 0) is 48.1 Å². The van der Waals surface area contributed by atoms with Crippen LogP contribution in [0.3, 0.4) is 0 Å². The highest BCUT2D eigenvalue weighted by molar-refractivity contribution is 5.90. The number of benzene rings is 2. The number of hydrogen-bond acceptors (Lipinski definition) is 5. The number of nitrogens with zero attached hydrogens (tertiary/aromatic N) is 1. The van der Waals surface area contributed by atoms with Crippen LogP contribution in [0.4, 0.5) is 4.79 Å². The third kappa shape index (κ3) is 8.25. The smallest absolute Gasteiger partial charge is 0.407 e. The summed E-state index contributed by atoms with van der Waals surface area (Å²) in [5, 5.41) is 12.7. The number of para-hydroxylation sites is 1. The van der Waals surface area contributed by atoms with E-state index in [0.717, 1.165) is 42.5 Å². The molecule has 3 aromatic rings. The van der Waals surface area contributed by atoms with Gasteiger partial charge in [0.2, 0.25) is 0 Å². The maximum absolute atomic E-state index is 12.2. The van der Waals surface area contributed by atoms with Crippen LogP contribution in [0.5, 0.6) is 0 Å². The van der Waals surface area contributed by atoms with E-state index >= 15 is 0 Å². The second kappa shape index (κ2) is 14.1. The number of fused-ring (bicyclic) bond motifs is 1. The summed E-state index contributed by atoms with van der Waals surface area (Å²) in [7, 11) is 0. The van der Waals surface area contributed by atoms with E-state index in [4.69, 9.17) is 9.94 Å². The van der Waals surface area contributed by atoms with Gasteiger partial charge in [0.15, 0.2) is 0 Å². The van der Waals surface area contributed by atoms with Gasteiger partial charge in [0, 0.05) is 48.9 Å². The van der Waals surface area contributed by atoms with Crippen molar-refractivity contribution in [1.82, 2.24) is 20.7 Å². The van der Waals surface area contributed by atoms with Gasteiger partial charge in [-0.1, -0.05) is 56.3 Å². The third-order valence-corrected chi connectivity index (χ3v) is 6.24. The predicted molar refractivity (Wildman–Crippen MR) is 142 cm³/mol. The van der Waals surface area contributed by atoms with E-state index in [1.807, 2.05) is 50.2 Å². The highest BCUT2D eigenvalue weighted by Gasteiger charge is 2.12. The van der Waals surface area contributed by atoms with Gasteiger partial charge in [-0.15, -0.1) is 0 Å². The summed E-state index contributed by atoms with van der Waals surface area (Å²) in [4.78, 5) is 29.0. The van der Waals surface area contributed by atoms with E-state index < -0.39 is 5.91 Å². The molecule has 0 aliphatic rings. The molecular weight excluding hydrogens is 456 g/mol. The summed E-state index contributed by atoms with van der Waals surface area (Å²) in [6, 6.07) is 16.3. The van der Waals surface area contributed by atoms with Crippen LogP contribution >= 0.6 is 0 Å². The van der Waals surface area contributed by atoms with Crippen molar-refractivity contribution in [1.29, 1.82) is 0 Å². The fraction of sp³-hybridized carbons (Fsp3) is 0.357. The summed E-state index contributed by atoms with van der Waals surface area (Å²) in [5.41, 5.74) is 5.92. The Kier molecular flexibility index (Phi) is 10.5. The van der Waals surface area contributed by atoms with Gasteiger partial charge < -0.3 is 15.0 Å². The Hall–Kier alpha value is -3.62. The average molecular weight is 493 g/mol. The molecule has 1 heterocycles. The maximum atomic E-state index is 12.2. The van der Waals surface area contributed by atoms with Gasteiger partial charge in [-0.2, -0.15) is 0 Å². The molecule has 0 atom stereocenters. The molecule has 0 aliphatic carbocycles. The summed E-state index contributed by atoms with van der Waals surface area (Å²) >= 11 is 0. The minimum atomic E-state index is -0.573. The molecule has 2 amide bonds. The Bertz CT molecular complexity index is 1140. The lowest BCUT2D eigenvalue weighted by Gasteiger charge is -2.23. The molecule has 2 aromatic carbocycles. The van der Waals surface area contributed by atoms with Gasteiger partial charge in [-0.25, -0.2) is 10.3 Å². The van der Waals surface area contributed by atoms with Crippen molar-refractivity contribution in [2.45, 2.75) is 45.7 Å². The van der Waals surface area contributed by atoms with E-state index in [0.29, 0.717) is 19.7 Å². The Morgan fingerprint density at radius 3 is 2.56 bits per heavy atom. The van der Waals surface area contributed by atoms with Gasteiger partial charge >= 0.3 is 6.09 Å². The summed E-state index contributed by atoms with van der Waals surface area (Å²) in [6.07, 6.45) is 7.20.